The molecule has 2 aromatic rings. The van der Waals surface area contributed by atoms with Crippen LogP contribution in [0.3, 0.4) is 0 Å². The molecule has 2 aliphatic heterocycles. The van der Waals surface area contributed by atoms with Crippen molar-refractivity contribution in [2.75, 3.05) is 31.1 Å². The molecule has 9 heteroatoms. The fraction of sp³-hybridized carbons (Fsp3) is 0.200. The second-order valence-electron chi connectivity index (χ2n) is 6.61. The number of thioether (sulfide) groups is 1. The van der Waals surface area contributed by atoms with E-state index in [2.05, 4.69) is 14.8 Å². The standard InChI is InChI=1S/C20H17ClN4O3S/c21-15-4-6-16(7-5-15)23-8-10-24(11-9-23)20-22-19(26)18(29-20)13-14-2-1-3-17(12-14)25(27)28/h1-7,12-13H,8-11H2. The number of carbonyl (C=O) groups excluding carboxylic acids is 1. The molecule has 2 aliphatic rings. The Kier molecular flexibility index (Phi) is 5.55. The zero-order chi connectivity index (χ0) is 20.4. The molecular weight excluding hydrogens is 412 g/mol. The maximum atomic E-state index is 12.3. The first-order valence-corrected chi connectivity index (χ1v) is 10.2. The first-order chi connectivity index (χ1) is 14.0. The van der Waals surface area contributed by atoms with Gasteiger partial charge in [0, 0.05) is 49.0 Å². The summed E-state index contributed by atoms with van der Waals surface area (Å²) < 4.78 is 0. The van der Waals surface area contributed by atoms with E-state index in [1.54, 1.807) is 18.2 Å². The number of benzene rings is 2. The lowest BCUT2D eigenvalue weighted by atomic mass is 10.2. The van der Waals surface area contributed by atoms with Gasteiger partial charge in [-0.15, -0.1) is 0 Å². The molecule has 0 unspecified atom stereocenters. The minimum absolute atomic E-state index is 0.00532. The number of nitro benzene ring substituents is 1. The average Bonchev–Trinajstić information content (AvgIpc) is 3.09. The molecule has 0 atom stereocenters. The van der Waals surface area contributed by atoms with Crippen LogP contribution in [-0.4, -0.2) is 47.1 Å². The van der Waals surface area contributed by atoms with Crippen molar-refractivity contribution in [1.82, 2.24) is 4.90 Å². The number of amidine groups is 1. The Bertz CT molecular complexity index is 1010. The molecule has 148 valence electrons. The Morgan fingerprint density at radius 3 is 2.45 bits per heavy atom. The molecular formula is C20H17ClN4O3S. The van der Waals surface area contributed by atoms with Crippen LogP contribution in [0.25, 0.3) is 6.08 Å². The van der Waals surface area contributed by atoms with Gasteiger partial charge in [0.25, 0.3) is 11.6 Å². The second kappa shape index (κ2) is 8.26. The molecule has 7 nitrogen and oxygen atoms in total. The number of anilines is 1. The third kappa shape index (κ3) is 4.44. The van der Waals surface area contributed by atoms with Crippen LogP contribution in [0.5, 0.6) is 0 Å². The molecule has 1 saturated heterocycles. The summed E-state index contributed by atoms with van der Waals surface area (Å²) in [4.78, 5) is 31.8. The number of nitro groups is 1. The van der Waals surface area contributed by atoms with Gasteiger partial charge in [-0.3, -0.25) is 14.9 Å². The van der Waals surface area contributed by atoms with Crippen molar-refractivity contribution in [1.29, 1.82) is 0 Å². The van der Waals surface area contributed by atoms with Gasteiger partial charge in [0.1, 0.15) is 0 Å². The molecule has 0 spiro atoms. The SMILES string of the molecule is O=C1N=C(N2CCN(c3ccc(Cl)cc3)CC2)SC1=Cc1cccc([N+](=O)[O-])c1. The highest BCUT2D eigenvalue weighted by molar-refractivity contribution is 8.18. The van der Waals surface area contributed by atoms with Gasteiger partial charge in [0.05, 0.1) is 9.83 Å². The Balaban J connectivity index is 1.41. The topological polar surface area (TPSA) is 79.0 Å². The van der Waals surface area contributed by atoms with Crippen LogP contribution < -0.4 is 4.90 Å². The molecule has 2 aromatic carbocycles. The number of nitrogens with zero attached hydrogens (tertiary/aromatic N) is 4. The molecule has 0 aromatic heterocycles. The van der Waals surface area contributed by atoms with E-state index in [-0.39, 0.29) is 11.6 Å². The van der Waals surface area contributed by atoms with Gasteiger partial charge >= 0.3 is 0 Å². The number of hydrogen-bond acceptors (Lipinski definition) is 6. The molecule has 0 radical (unpaired) electrons. The number of halogens is 1. The van der Waals surface area contributed by atoms with Crippen LogP contribution in [0, 0.1) is 10.1 Å². The van der Waals surface area contributed by atoms with Gasteiger partial charge < -0.3 is 9.80 Å². The number of aliphatic imine (C=N–C) groups is 1. The van der Waals surface area contributed by atoms with Crippen molar-refractivity contribution in [3.8, 4) is 0 Å². The Morgan fingerprint density at radius 1 is 1.07 bits per heavy atom. The molecule has 4 rings (SSSR count). The van der Waals surface area contributed by atoms with E-state index >= 15 is 0 Å². The zero-order valence-corrected chi connectivity index (χ0v) is 16.9. The predicted molar refractivity (Wildman–Crippen MR) is 116 cm³/mol. The highest BCUT2D eigenvalue weighted by atomic mass is 35.5. The maximum Gasteiger partial charge on any atom is 0.286 e. The number of carbonyl (C=O) groups is 1. The number of non-ortho nitro benzene ring substituents is 1. The first kappa shape index (κ1) is 19.5. The molecule has 0 saturated carbocycles. The lowest BCUT2D eigenvalue weighted by molar-refractivity contribution is -0.384. The van der Waals surface area contributed by atoms with Crippen LogP contribution in [0.15, 0.2) is 58.4 Å². The largest absolute Gasteiger partial charge is 0.368 e. The van der Waals surface area contributed by atoms with Crippen LogP contribution in [0.2, 0.25) is 5.02 Å². The van der Waals surface area contributed by atoms with Gasteiger partial charge in [-0.25, -0.2) is 0 Å². The molecule has 0 aliphatic carbocycles. The van der Waals surface area contributed by atoms with Gasteiger partial charge in [-0.1, -0.05) is 23.7 Å². The molecule has 1 fully saturated rings. The quantitative estimate of drug-likeness (QED) is 0.417. The lowest BCUT2D eigenvalue weighted by Gasteiger charge is -2.36. The van der Waals surface area contributed by atoms with Crippen molar-refractivity contribution < 1.29 is 9.72 Å². The van der Waals surface area contributed by atoms with E-state index in [9.17, 15) is 14.9 Å². The molecule has 0 bridgehead atoms. The van der Waals surface area contributed by atoms with E-state index < -0.39 is 4.92 Å². The minimum Gasteiger partial charge on any atom is -0.368 e. The Labute approximate surface area is 176 Å². The predicted octanol–water partition coefficient (Wildman–Crippen LogP) is 4.04. The number of amides is 1. The van der Waals surface area contributed by atoms with E-state index in [0.717, 1.165) is 31.9 Å². The highest BCUT2D eigenvalue weighted by Gasteiger charge is 2.28. The summed E-state index contributed by atoms with van der Waals surface area (Å²) in [6.07, 6.45) is 1.65. The zero-order valence-electron chi connectivity index (χ0n) is 15.3. The molecule has 29 heavy (non-hydrogen) atoms. The monoisotopic (exact) mass is 428 g/mol. The van der Waals surface area contributed by atoms with Gasteiger partial charge in [0.2, 0.25) is 0 Å². The smallest absolute Gasteiger partial charge is 0.286 e. The van der Waals surface area contributed by atoms with Crippen molar-refractivity contribution in [3.63, 3.8) is 0 Å². The van der Waals surface area contributed by atoms with Gasteiger partial charge in [-0.05, 0) is 47.7 Å². The summed E-state index contributed by atoms with van der Waals surface area (Å²) in [6.45, 7) is 3.15. The van der Waals surface area contributed by atoms with E-state index in [1.807, 2.05) is 24.3 Å². The average molecular weight is 429 g/mol. The Morgan fingerprint density at radius 2 is 1.76 bits per heavy atom. The number of hydrogen-bond donors (Lipinski definition) is 0. The summed E-state index contributed by atoms with van der Waals surface area (Å²) in [6, 6.07) is 14.0. The van der Waals surface area contributed by atoms with Crippen molar-refractivity contribution in [2.24, 2.45) is 4.99 Å². The van der Waals surface area contributed by atoms with Crippen LogP contribution in [0.4, 0.5) is 11.4 Å². The summed E-state index contributed by atoms with van der Waals surface area (Å²) in [5.41, 5.74) is 1.73. The number of rotatable bonds is 3. The second-order valence-corrected chi connectivity index (χ2v) is 8.06. The van der Waals surface area contributed by atoms with Crippen LogP contribution in [-0.2, 0) is 4.79 Å². The summed E-state index contributed by atoms with van der Waals surface area (Å²) in [5.74, 6) is -0.309. The van der Waals surface area contributed by atoms with E-state index in [4.69, 9.17) is 11.6 Å². The van der Waals surface area contributed by atoms with Gasteiger partial charge in [-0.2, -0.15) is 4.99 Å². The fourth-order valence-corrected chi connectivity index (χ4v) is 4.31. The van der Waals surface area contributed by atoms with Crippen molar-refractivity contribution in [2.45, 2.75) is 0 Å². The van der Waals surface area contributed by atoms with Crippen LogP contribution in [0.1, 0.15) is 5.56 Å². The van der Waals surface area contributed by atoms with E-state index in [1.165, 1.54) is 23.9 Å². The van der Waals surface area contributed by atoms with E-state index in [0.29, 0.717) is 20.7 Å². The molecule has 2 heterocycles. The summed E-state index contributed by atoms with van der Waals surface area (Å²) in [5, 5.41) is 12.3. The van der Waals surface area contributed by atoms with Crippen molar-refractivity contribution in [3.05, 3.63) is 74.1 Å². The lowest BCUT2D eigenvalue weighted by Crippen LogP contribution is -2.47. The van der Waals surface area contributed by atoms with Crippen LogP contribution >= 0.6 is 23.4 Å². The van der Waals surface area contributed by atoms with Crippen molar-refractivity contribution >= 4 is 51.9 Å². The molecule has 0 N–H and O–H groups in total. The summed E-state index contributed by atoms with van der Waals surface area (Å²) in [7, 11) is 0. The fourth-order valence-electron chi connectivity index (χ4n) is 3.22. The summed E-state index contributed by atoms with van der Waals surface area (Å²) >= 11 is 7.27. The highest BCUT2D eigenvalue weighted by Crippen LogP contribution is 2.31. The maximum absolute atomic E-state index is 12.3. The number of piperazine rings is 1. The normalized spacial score (nSPS) is 18.3. The molecule has 1 amide bonds. The third-order valence-electron chi connectivity index (χ3n) is 4.73. The third-order valence-corrected chi connectivity index (χ3v) is 6.03. The Hall–Kier alpha value is -2.84. The minimum atomic E-state index is -0.451. The first-order valence-electron chi connectivity index (χ1n) is 9.02. The van der Waals surface area contributed by atoms with Gasteiger partial charge in [0.15, 0.2) is 5.17 Å².